The van der Waals surface area contributed by atoms with Crippen LogP contribution in [0.2, 0.25) is 5.02 Å². The fourth-order valence-corrected chi connectivity index (χ4v) is 3.55. The Balaban J connectivity index is 1.64. The number of ether oxygens (including phenoxy) is 2. The number of carbonyl (C=O) groups excluding carboxylic acids is 2. The number of hydrogen-bond donors (Lipinski definition) is 2. The number of nitrogens with one attached hydrogen (secondary N) is 2. The van der Waals surface area contributed by atoms with Crippen LogP contribution in [-0.2, 0) is 9.53 Å². The molecule has 0 aliphatic carbocycles. The van der Waals surface area contributed by atoms with E-state index in [1.807, 2.05) is 37.3 Å². The lowest BCUT2D eigenvalue weighted by molar-refractivity contribution is -0.142. The number of nitrogens with zero attached hydrogens (tertiary/aromatic N) is 1. The normalized spacial score (nSPS) is 10.6. The maximum Gasteiger partial charge on any atom is 0.343 e. The highest BCUT2D eigenvalue weighted by Gasteiger charge is 2.13. The molecule has 0 atom stereocenters. The van der Waals surface area contributed by atoms with Crippen molar-refractivity contribution in [2.45, 2.75) is 6.92 Å². The van der Waals surface area contributed by atoms with E-state index < -0.39 is 12.0 Å². The van der Waals surface area contributed by atoms with Gasteiger partial charge >= 0.3 is 12.0 Å². The molecule has 2 amide bonds. The monoisotopic (exact) mass is 475 g/mol. The fraction of sp³-hybridized carbons (Fsp3) is 0.115. The van der Waals surface area contributed by atoms with Crippen molar-refractivity contribution in [1.82, 2.24) is 4.98 Å². The number of aromatic nitrogens is 1. The second-order valence-corrected chi connectivity index (χ2v) is 7.87. The lowest BCUT2D eigenvalue weighted by Crippen LogP contribution is -2.20. The molecule has 0 aliphatic rings. The third-order valence-electron chi connectivity index (χ3n) is 5.19. The van der Waals surface area contributed by atoms with Gasteiger partial charge < -0.3 is 20.1 Å². The lowest BCUT2D eigenvalue weighted by atomic mass is 10.1. The molecule has 1 aromatic heterocycles. The van der Waals surface area contributed by atoms with Crippen LogP contribution < -0.4 is 15.4 Å². The van der Waals surface area contributed by atoms with Gasteiger partial charge in [-0.2, -0.15) is 0 Å². The predicted octanol–water partition coefficient (Wildman–Crippen LogP) is 6.06. The van der Waals surface area contributed by atoms with E-state index in [2.05, 4.69) is 10.6 Å². The molecule has 4 rings (SSSR count). The van der Waals surface area contributed by atoms with Gasteiger partial charge in [-0.05, 0) is 42.8 Å². The number of hydrogen-bond acceptors (Lipinski definition) is 5. The quantitative estimate of drug-likeness (QED) is 0.331. The van der Waals surface area contributed by atoms with Gasteiger partial charge in [0.15, 0.2) is 6.61 Å². The molecule has 172 valence electrons. The molecule has 4 aromatic rings. The van der Waals surface area contributed by atoms with Crippen molar-refractivity contribution in [3.05, 3.63) is 83.4 Å². The van der Waals surface area contributed by atoms with Gasteiger partial charge in [0.1, 0.15) is 5.75 Å². The first-order valence-corrected chi connectivity index (χ1v) is 10.9. The van der Waals surface area contributed by atoms with Crippen LogP contribution in [0.1, 0.15) is 5.56 Å². The van der Waals surface area contributed by atoms with E-state index in [1.165, 1.54) is 7.11 Å². The molecule has 8 heteroatoms. The van der Waals surface area contributed by atoms with Gasteiger partial charge in [-0.1, -0.05) is 48.0 Å². The number of urea groups is 1. The maximum atomic E-state index is 12.6. The third-order valence-corrected chi connectivity index (χ3v) is 5.60. The standard InChI is InChI=1S/C26H22ClN3O4/c1-16-20(27)9-6-10-21(16)30-26(32)28-18-11-12-22-19(13-18)24(34-15-25(31)33-2)14-23(29-22)17-7-4-3-5-8-17/h3-14H,15H2,1-2H3,(H2,28,30,32). The van der Waals surface area contributed by atoms with E-state index in [0.717, 1.165) is 11.1 Å². The van der Waals surface area contributed by atoms with Gasteiger partial charge in [0, 0.05) is 33.4 Å². The minimum atomic E-state index is -0.503. The van der Waals surface area contributed by atoms with Crippen molar-refractivity contribution in [3.63, 3.8) is 0 Å². The molecule has 1 heterocycles. The zero-order valence-corrected chi connectivity index (χ0v) is 19.3. The molecular weight excluding hydrogens is 454 g/mol. The van der Waals surface area contributed by atoms with Gasteiger partial charge in [-0.15, -0.1) is 0 Å². The zero-order valence-electron chi connectivity index (χ0n) is 18.6. The van der Waals surface area contributed by atoms with Crippen molar-refractivity contribution < 1.29 is 19.1 Å². The van der Waals surface area contributed by atoms with Crippen LogP contribution in [-0.4, -0.2) is 30.7 Å². The summed E-state index contributed by atoms with van der Waals surface area (Å²) in [4.78, 5) is 29.0. The summed E-state index contributed by atoms with van der Waals surface area (Å²) in [5, 5.41) is 6.81. The number of amides is 2. The number of anilines is 2. The van der Waals surface area contributed by atoms with Crippen molar-refractivity contribution in [2.24, 2.45) is 0 Å². The van der Waals surface area contributed by atoms with Crippen LogP contribution in [0.15, 0.2) is 72.8 Å². The van der Waals surface area contributed by atoms with Gasteiger partial charge in [-0.3, -0.25) is 0 Å². The summed E-state index contributed by atoms with van der Waals surface area (Å²) in [7, 11) is 1.30. The Morgan fingerprint density at radius 2 is 1.76 bits per heavy atom. The lowest BCUT2D eigenvalue weighted by Gasteiger charge is -2.14. The summed E-state index contributed by atoms with van der Waals surface area (Å²) in [6.07, 6.45) is 0. The number of carbonyl (C=O) groups is 2. The molecule has 0 bridgehead atoms. The van der Waals surface area contributed by atoms with Crippen LogP contribution in [0.25, 0.3) is 22.2 Å². The van der Waals surface area contributed by atoms with Crippen molar-refractivity contribution in [2.75, 3.05) is 24.4 Å². The third kappa shape index (κ3) is 5.27. The number of esters is 1. The van der Waals surface area contributed by atoms with E-state index in [4.69, 9.17) is 26.1 Å². The fourth-order valence-electron chi connectivity index (χ4n) is 3.37. The van der Waals surface area contributed by atoms with E-state index >= 15 is 0 Å². The molecule has 0 saturated carbocycles. The molecule has 34 heavy (non-hydrogen) atoms. The van der Waals surface area contributed by atoms with Crippen molar-refractivity contribution >= 4 is 45.9 Å². The highest BCUT2D eigenvalue weighted by atomic mass is 35.5. The van der Waals surface area contributed by atoms with Crippen molar-refractivity contribution in [1.29, 1.82) is 0 Å². The molecule has 7 nitrogen and oxygen atoms in total. The first-order chi connectivity index (χ1) is 16.4. The van der Waals surface area contributed by atoms with Crippen LogP contribution in [0.4, 0.5) is 16.2 Å². The Morgan fingerprint density at radius 3 is 2.53 bits per heavy atom. The average molecular weight is 476 g/mol. The summed E-state index contributed by atoms with van der Waals surface area (Å²) in [6, 6.07) is 21.6. The van der Waals surface area contributed by atoms with Gasteiger partial charge in [0.25, 0.3) is 0 Å². The Morgan fingerprint density at radius 1 is 0.971 bits per heavy atom. The first-order valence-electron chi connectivity index (χ1n) is 10.5. The highest BCUT2D eigenvalue weighted by Crippen LogP contribution is 2.32. The SMILES string of the molecule is COC(=O)COc1cc(-c2ccccc2)nc2ccc(NC(=O)Nc3cccc(Cl)c3C)cc12. The Labute approximate surface area is 201 Å². The Bertz CT molecular complexity index is 1360. The number of benzene rings is 3. The van der Waals surface area contributed by atoms with Crippen molar-refractivity contribution in [3.8, 4) is 17.0 Å². The topological polar surface area (TPSA) is 89.6 Å². The van der Waals surface area contributed by atoms with Gasteiger partial charge in [0.2, 0.25) is 0 Å². The van der Waals surface area contributed by atoms with Gasteiger partial charge in [0.05, 0.1) is 18.3 Å². The Hall–Kier alpha value is -4.10. The molecule has 0 fully saturated rings. The first kappa shape index (κ1) is 23.1. The average Bonchev–Trinajstić information content (AvgIpc) is 2.85. The second kappa shape index (κ2) is 10.2. The molecule has 3 aromatic carbocycles. The number of fused-ring (bicyclic) bond motifs is 1. The van der Waals surface area contributed by atoms with E-state index in [9.17, 15) is 9.59 Å². The molecule has 0 unspecified atom stereocenters. The number of rotatable bonds is 6. The van der Waals surface area contributed by atoms with E-state index in [1.54, 1.807) is 42.5 Å². The zero-order chi connectivity index (χ0) is 24.1. The number of pyridine rings is 1. The number of halogens is 1. The molecule has 0 radical (unpaired) electrons. The maximum absolute atomic E-state index is 12.6. The highest BCUT2D eigenvalue weighted by molar-refractivity contribution is 6.31. The van der Waals surface area contributed by atoms with Crippen LogP contribution in [0.5, 0.6) is 5.75 Å². The summed E-state index contributed by atoms with van der Waals surface area (Å²) >= 11 is 6.13. The van der Waals surface area contributed by atoms with Crippen LogP contribution >= 0.6 is 11.6 Å². The minimum Gasteiger partial charge on any atom is -0.481 e. The van der Waals surface area contributed by atoms with Crippen LogP contribution in [0.3, 0.4) is 0 Å². The van der Waals surface area contributed by atoms with E-state index in [-0.39, 0.29) is 6.61 Å². The summed E-state index contributed by atoms with van der Waals surface area (Å²) in [5.41, 5.74) is 4.17. The van der Waals surface area contributed by atoms with Gasteiger partial charge in [-0.25, -0.2) is 14.6 Å². The molecule has 0 spiro atoms. The summed E-state index contributed by atoms with van der Waals surface area (Å²) < 4.78 is 10.5. The molecule has 0 aliphatic heterocycles. The molecular formula is C26H22ClN3O4. The predicted molar refractivity (Wildman–Crippen MR) is 134 cm³/mol. The molecule has 0 saturated heterocycles. The second-order valence-electron chi connectivity index (χ2n) is 7.46. The number of methoxy groups -OCH3 is 1. The Kier molecular flexibility index (Phi) is 6.94. The smallest absolute Gasteiger partial charge is 0.343 e. The van der Waals surface area contributed by atoms with Crippen LogP contribution in [0, 0.1) is 6.92 Å². The molecule has 2 N–H and O–H groups in total. The summed E-state index contributed by atoms with van der Waals surface area (Å²) in [6.45, 7) is 1.57. The largest absolute Gasteiger partial charge is 0.481 e. The summed E-state index contributed by atoms with van der Waals surface area (Å²) in [5.74, 6) is -0.0548. The minimum absolute atomic E-state index is 0.254. The van der Waals surface area contributed by atoms with E-state index in [0.29, 0.717) is 38.7 Å².